The van der Waals surface area contributed by atoms with Gasteiger partial charge in [-0.05, 0) is 18.2 Å². The smallest absolute Gasteiger partial charge is 0.229 e. The Morgan fingerprint density at radius 3 is 2.69 bits per heavy atom. The molecule has 0 radical (unpaired) electrons. The van der Waals surface area contributed by atoms with Gasteiger partial charge < -0.3 is 15.7 Å². The second kappa shape index (κ2) is 7.40. The molecule has 0 aliphatic rings. The molecule has 7 nitrogen and oxygen atoms in total. The molecule has 0 aliphatic heterocycles. The minimum Gasteiger partial charge on any atom is -0.394 e. The molecule has 26 heavy (non-hydrogen) atoms. The molecule has 0 saturated heterocycles. The summed E-state index contributed by atoms with van der Waals surface area (Å²) in [6, 6.07) is 1.72. The lowest BCUT2D eigenvalue weighted by Gasteiger charge is -2.18. The van der Waals surface area contributed by atoms with E-state index < -0.39 is 30.1 Å². The Morgan fingerprint density at radius 2 is 2.00 bits per heavy atom. The average Bonchev–Trinajstić information content (AvgIpc) is 3.02. The van der Waals surface area contributed by atoms with E-state index in [-0.39, 0.29) is 17.3 Å². The Labute approximate surface area is 146 Å². The third kappa shape index (κ3) is 3.91. The molecular weight excluding hydrogens is 349 g/mol. The van der Waals surface area contributed by atoms with E-state index in [2.05, 4.69) is 25.7 Å². The molecule has 3 aromatic rings. The number of halogens is 3. The maximum Gasteiger partial charge on any atom is 0.229 e. The Balaban J connectivity index is 1.85. The first kappa shape index (κ1) is 17.7. The van der Waals surface area contributed by atoms with Gasteiger partial charge >= 0.3 is 0 Å². The van der Waals surface area contributed by atoms with Crippen LogP contribution in [0.3, 0.4) is 0 Å². The highest BCUT2D eigenvalue weighted by molar-refractivity contribution is 5.53. The fourth-order valence-corrected chi connectivity index (χ4v) is 2.31. The van der Waals surface area contributed by atoms with Gasteiger partial charge in [-0.25, -0.2) is 18.2 Å². The predicted molar refractivity (Wildman–Crippen MR) is 88.3 cm³/mol. The normalized spacial score (nSPS) is 12.0. The molecule has 0 amide bonds. The summed E-state index contributed by atoms with van der Waals surface area (Å²) in [5, 5.41) is 18.9. The van der Waals surface area contributed by atoms with Gasteiger partial charge in [0.1, 0.15) is 11.6 Å². The standard InChI is InChI=1S/C16H15F3N6O/c1-25-7-10(5-21-25)22-16-20-6-13(19)15(24-16)23-14(8-26)11-4-9(17)2-3-12(11)18/h2-7,14,26H,8H2,1H3,(H2,20,22,23,24). The molecule has 1 unspecified atom stereocenters. The van der Waals surface area contributed by atoms with E-state index in [0.717, 1.165) is 24.4 Å². The van der Waals surface area contributed by atoms with E-state index in [0.29, 0.717) is 5.69 Å². The topological polar surface area (TPSA) is 87.9 Å². The van der Waals surface area contributed by atoms with Crippen molar-refractivity contribution in [3.05, 3.63) is 59.8 Å². The minimum atomic E-state index is -1.10. The summed E-state index contributed by atoms with van der Waals surface area (Å²) in [6.45, 7) is -0.602. The highest BCUT2D eigenvalue weighted by Gasteiger charge is 2.19. The van der Waals surface area contributed by atoms with Crippen molar-refractivity contribution in [3.8, 4) is 0 Å². The average molecular weight is 364 g/mol. The molecule has 0 bridgehead atoms. The summed E-state index contributed by atoms with van der Waals surface area (Å²) in [5.41, 5.74) is 0.437. The molecule has 0 spiro atoms. The van der Waals surface area contributed by atoms with E-state index >= 15 is 0 Å². The maximum absolute atomic E-state index is 14.0. The van der Waals surface area contributed by atoms with Crippen LogP contribution in [0.1, 0.15) is 11.6 Å². The Bertz CT molecular complexity index is 917. The first-order valence-corrected chi connectivity index (χ1v) is 7.57. The van der Waals surface area contributed by atoms with Crippen LogP contribution in [0.25, 0.3) is 0 Å². The number of nitrogens with zero attached hydrogens (tertiary/aromatic N) is 4. The summed E-state index contributed by atoms with van der Waals surface area (Å²) >= 11 is 0. The van der Waals surface area contributed by atoms with Gasteiger partial charge in [0, 0.05) is 18.8 Å². The lowest BCUT2D eigenvalue weighted by Crippen LogP contribution is -2.18. The molecular formula is C16H15F3N6O. The molecule has 136 valence electrons. The number of aromatic nitrogens is 4. The monoisotopic (exact) mass is 364 g/mol. The van der Waals surface area contributed by atoms with Gasteiger partial charge in [-0.2, -0.15) is 10.1 Å². The Morgan fingerprint density at radius 1 is 1.19 bits per heavy atom. The SMILES string of the molecule is Cn1cc(Nc2ncc(F)c(NC(CO)c3cc(F)ccc3F)n2)cn1. The number of nitrogens with one attached hydrogen (secondary N) is 2. The van der Waals surface area contributed by atoms with Gasteiger partial charge in [0.25, 0.3) is 0 Å². The number of benzene rings is 1. The van der Waals surface area contributed by atoms with E-state index in [4.69, 9.17) is 0 Å². The van der Waals surface area contributed by atoms with E-state index in [1.54, 1.807) is 17.9 Å². The van der Waals surface area contributed by atoms with Gasteiger partial charge in [-0.15, -0.1) is 0 Å². The van der Waals surface area contributed by atoms with Crippen molar-refractivity contribution in [2.24, 2.45) is 7.05 Å². The quantitative estimate of drug-likeness (QED) is 0.623. The summed E-state index contributed by atoms with van der Waals surface area (Å²) in [6.07, 6.45) is 4.11. The molecule has 1 aromatic carbocycles. The zero-order chi connectivity index (χ0) is 18.7. The number of anilines is 3. The van der Waals surface area contributed by atoms with Crippen LogP contribution < -0.4 is 10.6 Å². The number of aliphatic hydroxyl groups is 1. The second-order valence-corrected chi connectivity index (χ2v) is 5.46. The van der Waals surface area contributed by atoms with Crippen molar-refractivity contribution < 1.29 is 18.3 Å². The predicted octanol–water partition coefficient (Wildman–Crippen LogP) is 2.52. The summed E-state index contributed by atoms with van der Waals surface area (Å²) in [5.74, 6) is -2.42. The molecule has 0 aliphatic carbocycles. The van der Waals surface area contributed by atoms with Crippen LogP contribution in [0.15, 0.2) is 36.8 Å². The highest BCUT2D eigenvalue weighted by Crippen LogP contribution is 2.24. The maximum atomic E-state index is 14.0. The lowest BCUT2D eigenvalue weighted by molar-refractivity contribution is 0.273. The molecule has 2 aromatic heterocycles. The molecule has 0 saturated carbocycles. The number of hydrogen-bond donors (Lipinski definition) is 3. The van der Waals surface area contributed by atoms with Gasteiger partial charge in [0.2, 0.25) is 5.95 Å². The van der Waals surface area contributed by atoms with Crippen LogP contribution in [-0.2, 0) is 7.05 Å². The first-order valence-electron chi connectivity index (χ1n) is 7.57. The number of rotatable bonds is 6. The molecule has 0 fully saturated rings. The summed E-state index contributed by atoms with van der Waals surface area (Å²) in [4.78, 5) is 7.78. The van der Waals surface area contributed by atoms with Crippen molar-refractivity contribution in [3.63, 3.8) is 0 Å². The van der Waals surface area contributed by atoms with Crippen molar-refractivity contribution >= 4 is 17.5 Å². The van der Waals surface area contributed by atoms with Gasteiger partial charge in [-0.3, -0.25) is 4.68 Å². The zero-order valence-electron chi connectivity index (χ0n) is 13.6. The third-order valence-corrected chi connectivity index (χ3v) is 3.53. The number of hydrogen-bond acceptors (Lipinski definition) is 6. The van der Waals surface area contributed by atoms with Crippen LogP contribution in [0, 0.1) is 17.5 Å². The van der Waals surface area contributed by atoms with Crippen LogP contribution >= 0.6 is 0 Å². The van der Waals surface area contributed by atoms with E-state index in [9.17, 15) is 18.3 Å². The molecule has 10 heteroatoms. The van der Waals surface area contributed by atoms with Crippen molar-refractivity contribution in [1.29, 1.82) is 0 Å². The number of aryl methyl sites for hydroxylation is 1. The zero-order valence-corrected chi connectivity index (χ0v) is 13.6. The van der Waals surface area contributed by atoms with Crippen molar-refractivity contribution in [2.45, 2.75) is 6.04 Å². The third-order valence-electron chi connectivity index (χ3n) is 3.53. The first-order chi connectivity index (χ1) is 12.5. The number of aliphatic hydroxyl groups excluding tert-OH is 1. The van der Waals surface area contributed by atoms with Gasteiger partial charge in [0.15, 0.2) is 11.6 Å². The van der Waals surface area contributed by atoms with E-state index in [1.165, 1.54) is 6.20 Å². The molecule has 3 rings (SSSR count). The molecule has 3 N–H and O–H groups in total. The van der Waals surface area contributed by atoms with Crippen LogP contribution in [0.2, 0.25) is 0 Å². The second-order valence-electron chi connectivity index (χ2n) is 5.46. The van der Waals surface area contributed by atoms with Crippen LogP contribution in [0.4, 0.5) is 30.6 Å². The summed E-state index contributed by atoms with van der Waals surface area (Å²) < 4.78 is 42.9. The largest absolute Gasteiger partial charge is 0.394 e. The van der Waals surface area contributed by atoms with E-state index in [1.807, 2.05) is 0 Å². The lowest BCUT2D eigenvalue weighted by atomic mass is 10.1. The Kier molecular flexibility index (Phi) is 5.03. The Hall–Kier alpha value is -3.14. The van der Waals surface area contributed by atoms with Crippen molar-refractivity contribution in [1.82, 2.24) is 19.7 Å². The van der Waals surface area contributed by atoms with Crippen LogP contribution in [0.5, 0.6) is 0 Å². The minimum absolute atomic E-state index is 0.0679. The fourth-order valence-electron chi connectivity index (χ4n) is 2.31. The highest BCUT2D eigenvalue weighted by atomic mass is 19.1. The molecule has 2 heterocycles. The summed E-state index contributed by atoms with van der Waals surface area (Å²) in [7, 11) is 1.73. The van der Waals surface area contributed by atoms with Crippen LogP contribution in [-0.4, -0.2) is 31.5 Å². The van der Waals surface area contributed by atoms with Gasteiger partial charge in [0.05, 0.1) is 30.7 Å². The van der Waals surface area contributed by atoms with Crippen molar-refractivity contribution in [2.75, 3.05) is 17.2 Å². The fraction of sp³-hybridized carbons (Fsp3) is 0.188. The van der Waals surface area contributed by atoms with Gasteiger partial charge in [-0.1, -0.05) is 0 Å². The molecule has 1 atom stereocenters.